The highest BCUT2D eigenvalue weighted by atomic mass is 16.3. The minimum atomic E-state index is -0.374. The molecule has 3 aromatic rings. The van der Waals surface area contributed by atoms with Gasteiger partial charge in [0.15, 0.2) is 0 Å². The van der Waals surface area contributed by atoms with E-state index in [2.05, 4.69) is 15.4 Å². The SMILES string of the molecule is O=C(Nc1cnn(Cc2ccncc2)c1)c1ccccc1O. The number of hydrogen-bond donors (Lipinski definition) is 2. The molecular weight excluding hydrogens is 280 g/mol. The van der Waals surface area contributed by atoms with E-state index in [1.165, 1.54) is 6.07 Å². The second-order valence-corrected chi connectivity index (χ2v) is 4.75. The molecule has 2 heterocycles. The van der Waals surface area contributed by atoms with Gasteiger partial charge in [0.2, 0.25) is 0 Å². The molecule has 6 nitrogen and oxygen atoms in total. The molecule has 3 rings (SSSR count). The average molecular weight is 294 g/mol. The third kappa shape index (κ3) is 3.12. The van der Waals surface area contributed by atoms with Crippen LogP contribution in [0.3, 0.4) is 0 Å². The monoisotopic (exact) mass is 294 g/mol. The first-order valence-corrected chi connectivity index (χ1v) is 6.73. The Morgan fingerprint density at radius 1 is 1.18 bits per heavy atom. The number of para-hydroxylation sites is 1. The summed E-state index contributed by atoms with van der Waals surface area (Å²) >= 11 is 0. The number of pyridine rings is 1. The number of aromatic hydroxyl groups is 1. The third-order valence-electron chi connectivity index (χ3n) is 3.13. The van der Waals surface area contributed by atoms with Crippen LogP contribution in [0.15, 0.2) is 61.2 Å². The number of nitrogens with zero attached hydrogens (tertiary/aromatic N) is 3. The molecule has 0 unspecified atom stereocenters. The number of benzene rings is 1. The minimum absolute atomic E-state index is 0.0517. The van der Waals surface area contributed by atoms with Crippen LogP contribution in [0, 0.1) is 0 Å². The number of carbonyl (C=O) groups is 1. The summed E-state index contributed by atoms with van der Waals surface area (Å²) in [4.78, 5) is 16.0. The zero-order chi connectivity index (χ0) is 15.4. The van der Waals surface area contributed by atoms with Crippen LogP contribution in [0.4, 0.5) is 5.69 Å². The summed E-state index contributed by atoms with van der Waals surface area (Å²) in [6, 6.07) is 10.2. The molecule has 0 saturated heterocycles. The molecule has 0 atom stereocenters. The number of nitrogens with one attached hydrogen (secondary N) is 1. The molecule has 0 aliphatic carbocycles. The van der Waals surface area contributed by atoms with E-state index >= 15 is 0 Å². The van der Waals surface area contributed by atoms with Gasteiger partial charge < -0.3 is 10.4 Å². The van der Waals surface area contributed by atoms with Gasteiger partial charge in [0, 0.05) is 18.6 Å². The predicted octanol–water partition coefficient (Wildman–Crippen LogP) is 2.28. The van der Waals surface area contributed by atoms with E-state index in [1.54, 1.807) is 47.7 Å². The molecule has 0 aliphatic heterocycles. The first-order valence-electron chi connectivity index (χ1n) is 6.73. The van der Waals surface area contributed by atoms with Crippen LogP contribution in [0.1, 0.15) is 15.9 Å². The van der Waals surface area contributed by atoms with Crippen LogP contribution in [0.5, 0.6) is 5.75 Å². The average Bonchev–Trinajstić information content (AvgIpc) is 2.95. The summed E-state index contributed by atoms with van der Waals surface area (Å²) in [5, 5.41) is 16.6. The van der Waals surface area contributed by atoms with Crippen molar-refractivity contribution >= 4 is 11.6 Å². The van der Waals surface area contributed by atoms with Gasteiger partial charge in [0.25, 0.3) is 5.91 Å². The van der Waals surface area contributed by atoms with E-state index in [0.717, 1.165) is 5.56 Å². The molecule has 0 saturated carbocycles. The Labute approximate surface area is 127 Å². The fourth-order valence-corrected chi connectivity index (χ4v) is 2.05. The van der Waals surface area contributed by atoms with Gasteiger partial charge in [0.05, 0.1) is 24.0 Å². The number of amides is 1. The number of rotatable bonds is 4. The minimum Gasteiger partial charge on any atom is -0.507 e. The van der Waals surface area contributed by atoms with E-state index in [1.807, 2.05) is 12.1 Å². The van der Waals surface area contributed by atoms with E-state index < -0.39 is 0 Å². The molecule has 2 N–H and O–H groups in total. The molecule has 1 amide bonds. The Balaban J connectivity index is 1.69. The van der Waals surface area contributed by atoms with Gasteiger partial charge in [-0.25, -0.2) is 0 Å². The molecule has 0 radical (unpaired) electrons. The van der Waals surface area contributed by atoms with Gasteiger partial charge >= 0.3 is 0 Å². The van der Waals surface area contributed by atoms with E-state index in [4.69, 9.17) is 0 Å². The van der Waals surface area contributed by atoms with Crippen LogP contribution in [-0.4, -0.2) is 25.8 Å². The first kappa shape index (κ1) is 13.8. The number of carbonyl (C=O) groups excluding carboxylic acids is 1. The molecular formula is C16H14N4O2. The summed E-state index contributed by atoms with van der Waals surface area (Å²) in [7, 11) is 0. The van der Waals surface area contributed by atoms with Crippen molar-refractivity contribution in [2.24, 2.45) is 0 Å². The molecule has 22 heavy (non-hydrogen) atoms. The van der Waals surface area contributed by atoms with Crippen LogP contribution in [0.2, 0.25) is 0 Å². The fourth-order valence-electron chi connectivity index (χ4n) is 2.05. The predicted molar refractivity (Wildman–Crippen MR) is 81.6 cm³/mol. The Kier molecular flexibility index (Phi) is 3.82. The zero-order valence-electron chi connectivity index (χ0n) is 11.7. The molecule has 1 aromatic carbocycles. The first-order chi connectivity index (χ1) is 10.7. The summed E-state index contributed by atoms with van der Waals surface area (Å²) in [6.07, 6.45) is 6.75. The van der Waals surface area contributed by atoms with Gasteiger partial charge in [-0.15, -0.1) is 0 Å². The lowest BCUT2D eigenvalue weighted by molar-refractivity contribution is 0.102. The van der Waals surface area contributed by atoms with Gasteiger partial charge in [-0.2, -0.15) is 5.10 Å². The van der Waals surface area contributed by atoms with Crippen LogP contribution >= 0.6 is 0 Å². The Hall–Kier alpha value is -3.15. The van der Waals surface area contributed by atoms with Crippen molar-refractivity contribution < 1.29 is 9.90 Å². The van der Waals surface area contributed by atoms with E-state index in [-0.39, 0.29) is 17.2 Å². The van der Waals surface area contributed by atoms with Crippen LogP contribution in [0.25, 0.3) is 0 Å². The number of phenolic OH excluding ortho intramolecular Hbond substituents is 1. The molecule has 2 aromatic heterocycles. The number of phenols is 1. The lowest BCUT2D eigenvalue weighted by Gasteiger charge is -2.04. The lowest BCUT2D eigenvalue weighted by Crippen LogP contribution is -2.11. The molecule has 0 aliphatic rings. The standard InChI is InChI=1S/C16H14N4O2/c21-15-4-2-1-3-14(15)16(22)19-13-9-18-20(11-13)10-12-5-7-17-8-6-12/h1-9,11,21H,10H2,(H,19,22). The highest BCUT2D eigenvalue weighted by molar-refractivity contribution is 6.05. The second-order valence-electron chi connectivity index (χ2n) is 4.75. The number of anilines is 1. The van der Waals surface area contributed by atoms with Gasteiger partial charge in [-0.1, -0.05) is 12.1 Å². The van der Waals surface area contributed by atoms with Crippen molar-refractivity contribution in [3.63, 3.8) is 0 Å². The molecule has 0 spiro atoms. The maximum Gasteiger partial charge on any atom is 0.259 e. The quantitative estimate of drug-likeness (QED) is 0.773. The Morgan fingerprint density at radius 3 is 2.73 bits per heavy atom. The molecule has 0 fully saturated rings. The van der Waals surface area contributed by atoms with Crippen molar-refractivity contribution in [3.8, 4) is 5.75 Å². The normalized spacial score (nSPS) is 10.4. The van der Waals surface area contributed by atoms with Gasteiger partial charge in [-0.3, -0.25) is 14.5 Å². The molecule has 0 bridgehead atoms. The highest BCUT2D eigenvalue weighted by Gasteiger charge is 2.11. The summed E-state index contributed by atoms with van der Waals surface area (Å²) in [5.74, 6) is -0.425. The van der Waals surface area contributed by atoms with Crippen molar-refractivity contribution in [2.75, 3.05) is 5.32 Å². The van der Waals surface area contributed by atoms with Crippen molar-refractivity contribution in [1.29, 1.82) is 0 Å². The van der Waals surface area contributed by atoms with Gasteiger partial charge in [-0.05, 0) is 29.8 Å². The highest BCUT2D eigenvalue weighted by Crippen LogP contribution is 2.17. The summed E-state index contributed by atoms with van der Waals surface area (Å²) in [5.41, 5.74) is 1.86. The van der Waals surface area contributed by atoms with Crippen LogP contribution in [-0.2, 0) is 6.54 Å². The number of hydrogen-bond acceptors (Lipinski definition) is 4. The van der Waals surface area contributed by atoms with Crippen molar-refractivity contribution in [3.05, 3.63) is 72.3 Å². The fraction of sp³-hybridized carbons (Fsp3) is 0.0625. The van der Waals surface area contributed by atoms with E-state index in [9.17, 15) is 9.90 Å². The smallest absolute Gasteiger partial charge is 0.259 e. The topological polar surface area (TPSA) is 80.0 Å². The second kappa shape index (κ2) is 6.09. The Bertz CT molecular complexity index is 784. The maximum atomic E-state index is 12.1. The summed E-state index contributed by atoms with van der Waals surface area (Å²) < 4.78 is 1.72. The third-order valence-corrected chi connectivity index (χ3v) is 3.13. The maximum absolute atomic E-state index is 12.1. The number of aromatic nitrogens is 3. The lowest BCUT2D eigenvalue weighted by atomic mass is 10.2. The largest absolute Gasteiger partial charge is 0.507 e. The molecule has 6 heteroatoms. The summed E-state index contributed by atoms with van der Waals surface area (Å²) in [6.45, 7) is 0.592. The molecule has 110 valence electrons. The zero-order valence-corrected chi connectivity index (χ0v) is 11.7. The van der Waals surface area contributed by atoms with Crippen molar-refractivity contribution in [1.82, 2.24) is 14.8 Å². The Morgan fingerprint density at radius 2 is 1.95 bits per heavy atom. The van der Waals surface area contributed by atoms with Crippen LogP contribution < -0.4 is 5.32 Å². The van der Waals surface area contributed by atoms with E-state index in [0.29, 0.717) is 12.2 Å². The van der Waals surface area contributed by atoms with Crippen molar-refractivity contribution in [2.45, 2.75) is 6.54 Å². The van der Waals surface area contributed by atoms with Gasteiger partial charge in [0.1, 0.15) is 5.75 Å².